The highest BCUT2D eigenvalue weighted by atomic mass is 16.5. The van der Waals surface area contributed by atoms with Gasteiger partial charge < -0.3 is 19.1 Å². The first kappa shape index (κ1) is 21.3. The van der Waals surface area contributed by atoms with Crippen molar-refractivity contribution >= 4 is 11.8 Å². The third-order valence-electron chi connectivity index (χ3n) is 4.69. The lowest BCUT2D eigenvalue weighted by molar-refractivity contribution is -0.149. The van der Waals surface area contributed by atoms with E-state index in [1.54, 1.807) is 25.1 Å². The lowest BCUT2D eigenvalue weighted by Crippen LogP contribution is -2.26. The molecule has 1 N–H and O–H groups in total. The summed E-state index contributed by atoms with van der Waals surface area (Å²) in [6.45, 7) is 3.07. The van der Waals surface area contributed by atoms with Gasteiger partial charge in [-0.2, -0.15) is 0 Å². The number of nitrogens with zero attached hydrogens (tertiary/aromatic N) is 1. The summed E-state index contributed by atoms with van der Waals surface area (Å²) in [7, 11) is 0. The van der Waals surface area contributed by atoms with Crippen molar-refractivity contribution in [2.75, 3.05) is 13.2 Å². The monoisotopic (exact) mass is 407 g/mol. The molecule has 0 saturated heterocycles. The Morgan fingerprint density at radius 2 is 1.73 bits per heavy atom. The lowest BCUT2D eigenvalue weighted by atomic mass is 10.1. The molecule has 0 saturated carbocycles. The van der Waals surface area contributed by atoms with Crippen LogP contribution < -0.4 is 4.74 Å². The van der Waals surface area contributed by atoms with Gasteiger partial charge in [0.2, 0.25) is 5.78 Å². The largest absolute Gasteiger partial charge is 0.492 e. The Hall–Kier alpha value is -3.38. The third kappa shape index (κ3) is 5.58. The number of carboxylic acids is 1. The number of ketones is 1. The number of benzene rings is 2. The van der Waals surface area contributed by atoms with Crippen molar-refractivity contribution in [1.82, 2.24) is 4.57 Å². The summed E-state index contributed by atoms with van der Waals surface area (Å²) in [6, 6.07) is 20.1. The zero-order valence-corrected chi connectivity index (χ0v) is 16.9. The molecule has 2 aromatic carbocycles. The minimum Gasteiger partial charge on any atom is -0.492 e. The zero-order chi connectivity index (χ0) is 21.3. The maximum absolute atomic E-state index is 12.7. The SMILES string of the molecule is CCOC(Cc1ccc(OCCn2cccc2C(=O)c2ccccc2)cc1)C(=O)O. The molecule has 0 radical (unpaired) electrons. The van der Waals surface area contributed by atoms with Gasteiger partial charge in [0.1, 0.15) is 12.4 Å². The van der Waals surface area contributed by atoms with E-state index in [1.807, 2.05) is 59.3 Å². The predicted molar refractivity (Wildman–Crippen MR) is 113 cm³/mol. The third-order valence-corrected chi connectivity index (χ3v) is 4.69. The Morgan fingerprint density at radius 1 is 1.00 bits per heavy atom. The van der Waals surface area contributed by atoms with Crippen LogP contribution in [-0.4, -0.2) is 40.7 Å². The molecule has 1 heterocycles. The van der Waals surface area contributed by atoms with Gasteiger partial charge >= 0.3 is 5.97 Å². The van der Waals surface area contributed by atoms with Crippen LogP contribution in [0, 0.1) is 0 Å². The fourth-order valence-electron chi connectivity index (χ4n) is 3.17. The number of carbonyl (C=O) groups excluding carboxylic acids is 1. The van der Waals surface area contributed by atoms with Crippen molar-refractivity contribution in [2.45, 2.75) is 26.0 Å². The second kappa shape index (κ2) is 10.4. The average molecular weight is 407 g/mol. The minimum atomic E-state index is -0.968. The number of carbonyl (C=O) groups is 2. The second-order valence-corrected chi connectivity index (χ2v) is 6.76. The molecule has 0 spiro atoms. The van der Waals surface area contributed by atoms with Crippen molar-refractivity contribution < 1.29 is 24.2 Å². The van der Waals surface area contributed by atoms with Crippen LogP contribution in [-0.2, 0) is 22.5 Å². The fourth-order valence-corrected chi connectivity index (χ4v) is 3.17. The van der Waals surface area contributed by atoms with Gasteiger partial charge in [-0.1, -0.05) is 42.5 Å². The summed E-state index contributed by atoms with van der Waals surface area (Å²) in [5.74, 6) is -0.304. The van der Waals surface area contributed by atoms with Crippen LogP contribution in [0.5, 0.6) is 5.75 Å². The number of ether oxygens (including phenoxy) is 2. The molecule has 6 nitrogen and oxygen atoms in total. The molecule has 0 aliphatic heterocycles. The topological polar surface area (TPSA) is 77.8 Å². The van der Waals surface area contributed by atoms with Crippen LogP contribution in [0.15, 0.2) is 72.9 Å². The van der Waals surface area contributed by atoms with E-state index in [1.165, 1.54) is 0 Å². The minimum absolute atomic E-state index is 0.0211. The van der Waals surface area contributed by atoms with Gasteiger partial charge in [-0.15, -0.1) is 0 Å². The summed E-state index contributed by atoms with van der Waals surface area (Å²) < 4.78 is 12.9. The molecule has 0 fully saturated rings. The molecule has 156 valence electrons. The van der Waals surface area contributed by atoms with Crippen molar-refractivity contribution in [2.24, 2.45) is 0 Å². The Balaban J connectivity index is 1.54. The first-order valence-corrected chi connectivity index (χ1v) is 9.89. The summed E-state index contributed by atoms with van der Waals surface area (Å²) in [5, 5.41) is 9.19. The summed E-state index contributed by atoms with van der Waals surface area (Å²) in [5.41, 5.74) is 2.14. The normalized spacial score (nSPS) is 11.8. The number of aliphatic carboxylic acids is 1. The quantitative estimate of drug-likeness (QED) is 0.489. The van der Waals surface area contributed by atoms with E-state index in [4.69, 9.17) is 9.47 Å². The Bertz CT molecular complexity index is 963. The zero-order valence-electron chi connectivity index (χ0n) is 16.9. The molecule has 0 aliphatic carbocycles. The highest BCUT2D eigenvalue weighted by Gasteiger charge is 2.18. The van der Waals surface area contributed by atoms with Gasteiger partial charge in [-0.25, -0.2) is 4.79 Å². The molecule has 3 aromatic rings. The summed E-state index contributed by atoms with van der Waals surface area (Å²) in [4.78, 5) is 23.9. The highest BCUT2D eigenvalue weighted by Crippen LogP contribution is 2.16. The van der Waals surface area contributed by atoms with Crippen LogP contribution >= 0.6 is 0 Å². The van der Waals surface area contributed by atoms with Crippen molar-refractivity contribution in [3.63, 3.8) is 0 Å². The van der Waals surface area contributed by atoms with Crippen LogP contribution in [0.4, 0.5) is 0 Å². The molecule has 0 aliphatic rings. The molecular formula is C24H25NO5. The lowest BCUT2D eigenvalue weighted by Gasteiger charge is -2.13. The molecular weight excluding hydrogens is 382 g/mol. The molecule has 1 atom stereocenters. The fraction of sp³-hybridized carbons (Fsp3) is 0.250. The van der Waals surface area contributed by atoms with Gasteiger partial charge in [0.05, 0.1) is 12.2 Å². The van der Waals surface area contributed by atoms with Crippen LogP contribution in [0.2, 0.25) is 0 Å². The van der Waals surface area contributed by atoms with Gasteiger partial charge in [0.15, 0.2) is 6.10 Å². The number of carboxylic acid groups (broad SMARTS) is 1. The number of aromatic nitrogens is 1. The second-order valence-electron chi connectivity index (χ2n) is 6.76. The molecule has 0 bridgehead atoms. The number of rotatable bonds is 11. The molecule has 6 heteroatoms. The first-order valence-electron chi connectivity index (χ1n) is 9.89. The van der Waals surface area contributed by atoms with Crippen LogP contribution in [0.25, 0.3) is 0 Å². The van der Waals surface area contributed by atoms with Crippen molar-refractivity contribution in [1.29, 1.82) is 0 Å². The van der Waals surface area contributed by atoms with Crippen LogP contribution in [0.3, 0.4) is 0 Å². The molecule has 30 heavy (non-hydrogen) atoms. The summed E-state index contributed by atoms with van der Waals surface area (Å²) in [6.07, 6.45) is 1.32. The van der Waals surface area contributed by atoms with Crippen LogP contribution in [0.1, 0.15) is 28.5 Å². The van der Waals surface area contributed by atoms with E-state index < -0.39 is 12.1 Å². The van der Waals surface area contributed by atoms with Crippen molar-refractivity contribution in [3.8, 4) is 5.75 Å². The van der Waals surface area contributed by atoms with E-state index in [0.29, 0.717) is 43.2 Å². The van der Waals surface area contributed by atoms with E-state index in [2.05, 4.69) is 0 Å². The number of hydrogen-bond donors (Lipinski definition) is 1. The molecule has 0 amide bonds. The van der Waals surface area contributed by atoms with Gasteiger partial charge in [-0.3, -0.25) is 4.79 Å². The molecule has 3 rings (SSSR count). The highest BCUT2D eigenvalue weighted by molar-refractivity contribution is 6.07. The Labute approximate surface area is 175 Å². The Morgan fingerprint density at radius 3 is 2.40 bits per heavy atom. The molecule has 1 unspecified atom stereocenters. The van der Waals surface area contributed by atoms with Gasteiger partial charge in [-0.05, 0) is 36.8 Å². The van der Waals surface area contributed by atoms with E-state index in [0.717, 1.165) is 5.56 Å². The molecule has 1 aromatic heterocycles. The van der Waals surface area contributed by atoms with E-state index in [9.17, 15) is 14.7 Å². The van der Waals surface area contributed by atoms with Gasteiger partial charge in [0, 0.05) is 24.8 Å². The van der Waals surface area contributed by atoms with Crippen molar-refractivity contribution in [3.05, 3.63) is 89.7 Å². The maximum atomic E-state index is 12.7. The predicted octanol–water partition coefficient (Wildman–Crippen LogP) is 3.83. The van der Waals surface area contributed by atoms with Gasteiger partial charge in [0.25, 0.3) is 0 Å². The number of hydrogen-bond acceptors (Lipinski definition) is 4. The Kier molecular flexibility index (Phi) is 7.40. The smallest absolute Gasteiger partial charge is 0.333 e. The average Bonchev–Trinajstić information content (AvgIpc) is 3.23. The van der Waals surface area contributed by atoms with E-state index in [-0.39, 0.29) is 5.78 Å². The standard InChI is InChI=1S/C24H25NO5/c1-2-29-22(24(27)28)17-18-10-12-20(13-11-18)30-16-15-25-14-6-9-21(25)23(26)19-7-4-3-5-8-19/h3-14,22H,2,15-17H2,1H3,(H,27,28). The van der Waals surface area contributed by atoms with E-state index >= 15 is 0 Å². The maximum Gasteiger partial charge on any atom is 0.333 e. The first-order chi connectivity index (χ1) is 14.6. The summed E-state index contributed by atoms with van der Waals surface area (Å²) >= 11 is 0.